The predicted octanol–water partition coefficient (Wildman–Crippen LogP) is 2.55. The first-order valence-corrected chi connectivity index (χ1v) is 11.8. The first kappa shape index (κ1) is 24.4. The second kappa shape index (κ2) is 10.6. The van der Waals surface area contributed by atoms with E-state index in [9.17, 15) is 23.3 Å². The highest BCUT2D eigenvalue weighted by Gasteiger charge is 2.30. The summed E-state index contributed by atoms with van der Waals surface area (Å²) in [6.45, 7) is 2.95. The van der Waals surface area contributed by atoms with Gasteiger partial charge >= 0.3 is 0 Å². The Balaban J connectivity index is 1.60. The third-order valence-corrected chi connectivity index (χ3v) is 7.01. The molecule has 33 heavy (non-hydrogen) atoms. The molecule has 0 aromatic heterocycles. The fraction of sp³-hybridized carbons (Fsp3) is 0.318. The molecule has 0 radical (unpaired) electrons. The van der Waals surface area contributed by atoms with Gasteiger partial charge in [0, 0.05) is 43.7 Å². The van der Waals surface area contributed by atoms with Crippen molar-refractivity contribution in [3.8, 4) is 5.75 Å². The molecule has 11 heteroatoms. The van der Waals surface area contributed by atoms with Crippen molar-refractivity contribution < 1.29 is 22.9 Å². The summed E-state index contributed by atoms with van der Waals surface area (Å²) in [4.78, 5) is 25.1. The molecule has 1 saturated heterocycles. The van der Waals surface area contributed by atoms with Gasteiger partial charge in [0.2, 0.25) is 15.9 Å². The van der Waals surface area contributed by atoms with Crippen molar-refractivity contribution in [1.82, 2.24) is 9.21 Å². The van der Waals surface area contributed by atoms with Crippen LogP contribution in [0.25, 0.3) is 6.08 Å². The maximum absolute atomic E-state index is 12.8. The molecule has 0 aliphatic carbocycles. The zero-order valence-electron chi connectivity index (χ0n) is 18.4. The monoisotopic (exact) mass is 474 g/mol. The topological polar surface area (TPSA) is 122 Å². The Hall–Kier alpha value is -3.28. The SMILES string of the molecule is COc1ccc([N+](=O)[O-])cc1NC(=O)[C@@H](C)N1CCN(S(=O)(=O)/C=C/c2ccccc2)CC1. The van der Waals surface area contributed by atoms with Gasteiger partial charge in [0.15, 0.2) is 0 Å². The Morgan fingerprint density at radius 2 is 1.82 bits per heavy atom. The van der Waals surface area contributed by atoms with Crippen molar-refractivity contribution in [1.29, 1.82) is 0 Å². The van der Waals surface area contributed by atoms with Gasteiger partial charge in [0.25, 0.3) is 5.69 Å². The summed E-state index contributed by atoms with van der Waals surface area (Å²) in [6.07, 6.45) is 1.56. The van der Waals surface area contributed by atoms with E-state index in [1.807, 2.05) is 35.2 Å². The lowest BCUT2D eigenvalue weighted by Gasteiger charge is -2.36. The molecule has 1 N–H and O–H groups in total. The standard InChI is InChI=1S/C22H26N4O6S/c1-17(22(27)23-20-16-19(26(28)29)8-9-21(20)32-2)24-11-13-25(14-12-24)33(30,31)15-10-18-6-4-3-5-7-18/h3-10,15-17H,11-14H2,1-2H3,(H,23,27)/b15-10+/t17-/m1/s1. The molecule has 0 unspecified atom stereocenters. The normalized spacial score (nSPS) is 16.4. The van der Waals surface area contributed by atoms with E-state index >= 15 is 0 Å². The third-order valence-electron chi connectivity index (χ3n) is 5.44. The number of nitro groups is 1. The van der Waals surface area contributed by atoms with Gasteiger partial charge in [0.05, 0.1) is 23.8 Å². The number of hydrogen-bond donors (Lipinski definition) is 1. The highest BCUT2D eigenvalue weighted by molar-refractivity contribution is 7.92. The van der Waals surface area contributed by atoms with Gasteiger partial charge < -0.3 is 10.1 Å². The number of ether oxygens (including phenoxy) is 1. The van der Waals surface area contributed by atoms with Crippen LogP contribution in [-0.2, 0) is 14.8 Å². The third kappa shape index (κ3) is 6.15. The summed E-state index contributed by atoms with van der Waals surface area (Å²) in [6, 6.07) is 12.6. The average molecular weight is 475 g/mol. The van der Waals surface area contributed by atoms with Crippen molar-refractivity contribution in [2.24, 2.45) is 0 Å². The zero-order valence-corrected chi connectivity index (χ0v) is 19.2. The van der Waals surface area contributed by atoms with Gasteiger partial charge in [-0.2, -0.15) is 4.31 Å². The van der Waals surface area contributed by atoms with Crippen molar-refractivity contribution in [3.05, 3.63) is 69.6 Å². The first-order valence-electron chi connectivity index (χ1n) is 10.3. The van der Waals surface area contributed by atoms with Crippen LogP contribution in [0.15, 0.2) is 53.9 Å². The number of piperazine rings is 1. The Bertz CT molecular complexity index is 1130. The largest absolute Gasteiger partial charge is 0.495 e. The van der Waals surface area contributed by atoms with E-state index in [2.05, 4.69) is 5.32 Å². The van der Waals surface area contributed by atoms with Crippen LogP contribution in [0.2, 0.25) is 0 Å². The number of amides is 1. The van der Waals surface area contributed by atoms with Crippen LogP contribution in [0.3, 0.4) is 0 Å². The van der Waals surface area contributed by atoms with Gasteiger partial charge in [-0.1, -0.05) is 30.3 Å². The first-order chi connectivity index (χ1) is 15.7. The van der Waals surface area contributed by atoms with Gasteiger partial charge in [-0.3, -0.25) is 19.8 Å². The van der Waals surface area contributed by atoms with Crippen LogP contribution in [0, 0.1) is 10.1 Å². The lowest BCUT2D eigenvalue weighted by Crippen LogP contribution is -2.53. The van der Waals surface area contributed by atoms with E-state index < -0.39 is 21.0 Å². The molecule has 1 aliphatic rings. The van der Waals surface area contributed by atoms with Crippen molar-refractivity contribution in [2.45, 2.75) is 13.0 Å². The Morgan fingerprint density at radius 3 is 2.42 bits per heavy atom. The van der Waals surface area contributed by atoms with E-state index in [0.717, 1.165) is 5.56 Å². The van der Waals surface area contributed by atoms with E-state index in [1.54, 1.807) is 13.0 Å². The number of nitrogens with zero attached hydrogens (tertiary/aromatic N) is 3. The number of carbonyl (C=O) groups is 1. The summed E-state index contributed by atoms with van der Waals surface area (Å²) in [5.74, 6) is -0.0589. The number of methoxy groups -OCH3 is 1. The van der Waals surface area contributed by atoms with Gasteiger partial charge in [0.1, 0.15) is 5.75 Å². The molecular formula is C22H26N4O6S. The summed E-state index contributed by atoms with van der Waals surface area (Å²) in [5, 5.41) is 14.9. The zero-order chi connectivity index (χ0) is 24.0. The van der Waals surface area contributed by atoms with Gasteiger partial charge in [-0.15, -0.1) is 0 Å². The maximum Gasteiger partial charge on any atom is 0.271 e. The molecule has 0 spiro atoms. The van der Waals surface area contributed by atoms with Crippen LogP contribution in [0.1, 0.15) is 12.5 Å². The van der Waals surface area contributed by atoms with Crippen LogP contribution in [0.5, 0.6) is 5.75 Å². The van der Waals surface area contributed by atoms with Gasteiger partial charge in [-0.25, -0.2) is 8.42 Å². The highest BCUT2D eigenvalue weighted by Crippen LogP contribution is 2.29. The number of non-ortho nitro benzene ring substituents is 1. The maximum atomic E-state index is 12.8. The molecule has 0 saturated carbocycles. The Labute approximate surface area is 192 Å². The van der Waals surface area contributed by atoms with Crippen LogP contribution >= 0.6 is 0 Å². The smallest absolute Gasteiger partial charge is 0.271 e. The Morgan fingerprint density at radius 1 is 1.15 bits per heavy atom. The molecular weight excluding hydrogens is 448 g/mol. The number of sulfonamides is 1. The van der Waals surface area contributed by atoms with Crippen LogP contribution in [-0.4, -0.2) is 67.8 Å². The molecule has 2 aromatic rings. The number of anilines is 1. The molecule has 0 bridgehead atoms. The number of benzene rings is 2. The predicted molar refractivity (Wildman–Crippen MR) is 125 cm³/mol. The summed E-state index contributed by atoms with van der Waals surface area (Å²) < 4.78 is 31.8. The fourth-order valence-electron chi connectivity index (χ4n) is 3.47. The molecule has 1 aliphatic heterocycles. The number of nitrogens with one attached hydrogen (secondary N) is 1. The van der Waals surface area contributed by atoms with Gasteiger partial charge in [-0.05, 0) is 24.6 Å². The van der Waals surface area contributed by atoms with E-state index in [-0.39, 0.29) is 30.4 Å². The lowest BCUT2D eigenvalue weighted by molar-refractivity contribution is -0.384. The Kier molecular flexibility index (Phi) is 7.79. The van der Waals surface area contributed by atoms with E-state index in [1.165, 1.54) is 35.0 Å². The number of hydrogen-bond acceptors (Lipinski definition) is 7. The molecule has 2 aromatic carbocycles. The second-order valence-electron chi connectivity index (χ2n) is 7.50. The summed E-state index contributed by atoms with van der Waals surface area (Å²) in [5.41, 5.74) is 0.832. The van der Waals surface area contributed by atoms with Crippen LogP contribution in [0.4, 0.5) is 11.4 Å². The molecule has 1 heterocycles. The molecule has 1 atom stereocenters. The number of carbonyl (C=O) groups excluding carboxylic acids is 1. The van der Waals surface area contributed by atoms with E-state index in [0.29, 0.717) is 18.8 Å². The minimum atomic E-state index is -3.58. The quantitative estimate of drug-likeness (QED) is 0.461. The summed E-state index contributed by atoms with van der Waals surface area (Å²) >= 11 is 0. The highest BCUT2D eigenvalue weighted by atomic mass is 32.2. The summed E-state index contributed by atoms with van der Waals surface area (Å²) in [7, 11) is -2.17. The van der Waals surface area contributed by atoms with Crippen molar-refractivity contribution >= 4 is 33.4 Å². The second-order valence-corrected chi connectivity index (χ2v) is 9.32. The minimum Gasteiger partial charge on any atom is -0.495 e. The van der Waals surface area contributed by atoms with Crippen LogP contribution < -0.4 is 10.1 Å². The van der Waals surface area contributed by atoms with Crippen molar-refractivity contribution in [2.75, 3.05) is 38.6 Å². The number of rotatable bonds is 8. The van der Waals surface area contributed by atoms with E-state index in [4.69, 9.17) is 4.74 Å². The minimum absolute atomic E-state index is 0.166. The number of nitro benzene ring substituents is 1. The molecule has 1 amide bonds. The molecule has 3 rings (SSSR count). The molecule has 1 fully saturated rings. The fourth-order valence-corrected chi connectivity index (χ4v) is 4.64. The molecule has 176 valence electrons. The molecule has 10 nitrogen and oxygen atoms in total. The van der Waals surface area contributed by atoms with Crippen molar-refractivity contribution in [3.63, 3.8) is 0 Å². The lowest BCUT2D eigenvalue weighted by atomic mass is 10.2. The average Bonchev–Trinajstić information content (AvgIpc) is 2.83.